The summed E-state index contributed by atoms with van der Waals surface area (Å²) in [5, 5.41) is 5.36. The van der Waals surface area contributed by atoms with Gasteiger partial charge in [-0.1, -0.05) is 13.0 Å². The predicted molar refractivity (Wildman–Crippen MR) is 89.1 cm³/mol. The summed E-state index contributed by atoms with van der Waals surface area (Å²) in [4.78, 5) is 26.3. The van der Waals surface area contributed by atoms with Gasteiger partial charge >= 0.3 is 5.97 Å². The lowest BCUT2D eigenvalue weighted by atomic mass is 9.88. The van der Waals surface area contributed by atoms with Crippen LogP contribution in [0.3, 0.4) is 0 Å². The van der Waals surface area contributed by atoms with E-state index in [9.17, 15) is 9.59 Å². The molecular formula is C16H17NO3S2. The van der Waals surface area contributed by atoms with Crippen LogP contribution >= 0.6 is 22.7 Å². The van der Waals surface area contributed by atoms with Crippen molar-refractivity contribution < 1.29 is 14.3 Å². The van der Waals surface area contributed by atoms with Crippen LogP contribution in [0.5, 0.6) is 0 Å². The lowest BCUT2D eigenvalue weighted by Crippen LogP contribution is -2.15. The van der Waals surface area contributed by atoms with Gasteiger partial charge in [-0.2, -0.15) is 0 Å². The van der Waals surface area contributed by atoms with Gasteiger partial charge in [-0.05, 0) is 42.2 Å². The lowest BCUT2D eigenvalue weighted by molar-refractivity contribution is 0.0601. The molecule has 0 bridgehead atoms. The van der Waals surface area contributed by atoms with Gasteiger partial charge in [-0.3, -0.25) is 4.79 Å². The van der Waals surface area contributed by atoms with Crippen LogP contribution in [-0.4, -0.2) is 19.0 Å². The van der Waals surface area contributed by atoms with Crippen molar-refractivity contribution in [3.8, 4) is 0 Å². The van der Waals surface area contributed by atoms with Crippen LogP contribution < -0.4 is 5.32 Å². The monoisotopic (exact) mass is 335 g/mol. The first-order chi connectivity index (χ1) is 10.6. The van der Waals surface area contributed by atoms with Crippen molar-refractivity contribution in [1.29, 1.82) is 0 Å². The Kier molecular flexibility index (Phi) is 4.31. The Morgan fingerprint density at radius 1 is 1.41 bits per heavy atom. The fourth-order valence-electron chi connectivity index (χ4n) is 2.73. The maximum absolute atomic E-state index is 12.3. The summed E-state index contributed by atoms with van der Waals surface area (Å²) in [7, 11) is 1.38. The average Bonchev–Trinajstić information content (AvgIpc) is 3.13. The summed E-state index contributed by atoms with van der Waals surface area (Å²) >= 11 is 2.89. The third-order valence-corrected chi connectivity index (χ3v) is 5.91. The molecule has 1 aliphatic rings. The molecule has 0 unspecified atom stereocenters. The van der Waals surface area contributed by atoms with E-state index >= 15 is 0 Å². The molecule has 0 spiro atoms. The number of carbonyl (C=O) groups excluding carboxylic acids is 2. The maximum Gasteiger partial charge on any atom is 0.341 e. The van der Waals surface area contributed by atoms with Crippen LogP contribution in [0, 0.1) is 5.92 Å². The molecule has 0 aliphatic heterocycles. The van der Waals surface area contributed by atoms with E-state index in [4.69, 9.17) is 4.74 Å². The first-order valence-electron chi connectivity index (χ1n) is 7.17. The number of methoxy groups -OCH3 is 1. The molecule has 116 valence electrons. The molecular weight excluding hydrogens is 318 g/mol. The molecule has 0 saturated heterocycles. The highest BCUT2D eigenvalue weighted by Crippen LogP contribution is 2.40. The summed E-state index contributed by atoms with van der Waals surface area (Å²) in [5.41, 5.74) is 1.59. The number of rotatable bonds is 3. The SMILES string of the molecule is COC(=O)c1c(NC(=O)c2cccs2)sc2c1CC[C@H](C)C2. The topological polar surface area (TPSA) is 55.4 Å². The molecule has 6 heteroatoms. The molecule has 2 heterocycles. The molecule has 3 rings (SSSR count). The van der Waals surface area contributed by atoms with Crippen LogP contribution in [0.25, 0.3) is 0 Å². The zero-order valence-corrected chi connectivity index (χ0v) is 14.1. The van der Waals surface area contributed by atoms with E-state index in [1.807, 2.05) is 11.4 Å². The van der Waals surface area contributed by atoms with E-state index in [1.165, 1.54) is 34.7 Å². The number of ether oxygens (including phenoxy) is 1. The molecule has 0 radical (unpaired) electrons. The Morgan fingerprint density at radius 2 is 2.23 bits per heavy atom. The second-order valence-corrected chi connectivity index (χ2v) is 7.53. The summed E-state index contributed by atoms with van der Waals surface area (Å²) in [6.45, 7) is 2.21. The quantitative estimate of drug-likeness (QED) is 0.863. The largest absolute Gasteiger partial charge is 0.465 e. The van der Waals surface area contributed by atoms with E-state index in [-0.39, 0.29) is 11.9 Å². The minimum atomic E-state index is -0.367. The van der Waals surface area contributed by atoms with Crippen molar-refractivity contribution in [3.63, 3.8) is 0 Å². The van der Waals surface area contributed by atoms with Gasteiger partial charge in [0.15, 0.2) is 0 Å². The number of hydrogen-bond acceptors (Lipinski definition) is 5. The van der Waals surface area contributed by atoms with Crippen LogP contribution in [0.4, 0.5) is 5.00 Å². The van der Waals surface area contributed by atoms with Gasteiger partial charge in [0.05, 0.1) is 17.6 Å². The number of amides is 1. The Labute approximate surface area is 137 Å². The Bertz CT molecular complexity index is 703. The molecule has 1 aliphatic carbocycles. The molecule has 0 saturated carbocycles. The van der Waals surface area contributed by atoms with Gasteiger partial charge in [0, 0.05) is 4.88 Å². The second-order valence-electron chi connectivity index (χ2n) is 5.48. The van der Waals surface area contributed by atoms with Crippen molar-refractivity contribution in [2.24, 2.45) is 5.92 Å². The van der Waals surface area contributed by atoms with Gasteiger partial charge in [-0.15, -0.1) is 22.7 Å². The molecule has 22 heavy (non-hydrogen) atoms. The number of carbonyl (C=O) groups is 2. The molecule has 4 nitrogen and oxygen atoms in total. The van der Waals surface area contributed by atoms with Gasteiger partial charge in [0.2, 0.25) is 0 Å². The Balaban J connectivity index is 1.96. The molecule has 1 amide bonds. The number of fused-ring (bicyclic) bond motifs is 1. The van der Waals surface area contributed by atoms with Crippen molar-refractivity contribution in [2.45, 2.75) is 26.2 Å². The van der Waals surface area contributed by atoms with Gasteiger partial charge < -0.3 is 10.1 Å². The first kappa shape index (κ1) is 15.2. The minimum absolute atomic E-state index is 0.174. The summed E-state index contributed by atoms with van der Waals surface area (Å²) in [5.74, 6) is 0.0674. The van der Waals surface area contributed by atoms with Gasteiger partial charge in [-0.25, -0.2) is 4.79 Å². The number of nitrogens with one attached hydrogen (secondary N) is 1. The van der Waals surface area contributed by atoms with Crippen LogP contribution in [0.15, 0.2) is 17.5 Å². The molecule has 1 N–H and O–H groups in total. The fourth-order valence-corrected chi connectivity index (χ4v) is 4.74. The van der Waals surface area contributed by atoms with E-state index < -0.39 is 0 Å². The summed E-state index contributed by atoms with van der Waals surface area (Å²) in [6.07, 6.45) is 2.89. The Hall–Kier alpha value is -1.66. The minimum Gasteiger partial charge on any atom is -0.465 e. The normalized spacial score (nSPS) is 16.9. The first-order valence-corrected chi connectivity index (χ1v) is 8.87. The van der Waals surface area contributed by atoms with Gasteiger partial charge in [0.1, 0.15) is 5.00 Å². The van der Waals surface area contributed by atoms with Crippen LogP contribution in [0.2, 0.25) is 0 Å². The van der Waals surface area contributed by atoms with Crippen molar-refractivity contribution in [3.05, 3.63) is 38.4 Å². The van der Waals surface area contributed by atoms with E-state index in [0.29, 0.717) is 21.4 Å². The molecule has 2 aromatic rings. The number of esters is 1. The number of thiophene rings is 2. The Morgan fingerprint density at radius 3 is 2.91 bits per heavy atom. The van der Waals surface area contributed by atoms with Crippen molar-refractivity contribution in [1.82, 2.24) is 0 Å². The highest BCUT2D eigenvalue weighted by molar-refractivity contribution is 7.17. The molecule has 0 aromatic carbocycles. The smallest absolute Gasteiger partial charge is 0.341 e. The lowest BCUT2D eigenvalue weighted by Gasteiger charge is -2.18. The average molecular weight is 335 g/mol. The molecule has 2 aromatic heterocycles. The maximum atomic E-state index is 12.3. The van der Waals surface area contributed by atoms with Crippen molar-refractivity contribution in [2.75, 3.05) is 12.4 Å². The molecule has 0 fully saturated rings. The number of anilines is 1. The van der Waals surface area contributed by atoms with Crippen molar-refractivity contribution >= 4 is 39.6 Å². The predicted octanol–water partition coefficient (Wildman–Crippen LogP) is 3.97. The highest BCUT2D eigenvalue weighted by Gasteiger charge is 2.29. The molecule has 1 atom stereocenters. The van der Waals surface area contributed by atoms with E-state index in [1.54, 1.807) is 6.07 Å². The second kappa shape index (κ2) is 6.22. The van der Waals surface area contributed by atoms with Gasteiger partial charge in [0.25, 0.3) is 5.91 Å². The van der Waals surface area contributed by atoms with Crippen LogP contribution in [-0.2, 0) is 17.6 Å². The standard InChI is InChI=1S/C16H17NO3S2/c1-9-5-6-10-12(8-9)22-15(13(10)16(19)20-2)17-14(18)11-4-3-7-21-11/h3-4,7,9H,5-6,8H2,1-2H3,(H,17,18)/t9-/m0/s1. The summed E-state index contributed by atoms with van der Waals surface area (Å²) in [6, 6.07) is 3.61. The number of hydrogen-bond donors (Lipinski definition) is 1. The third-order valence-electron chi connectivity index (χ3n) is 3.87. The van der Waals surface area contributed by atoms with Crippen LogP contribution in [0.1, 0.15) is 43.8 Å². The zero-order chi connectivity index (χ0) is 15.7. The highest BCUT2D eigenvalue weighted by atomic mass is 32.1. The summed E-state index contributed by atoms with van der Waals surface area (Å²) < 4.78 is 4.92. The third kappa shape index (κ3) is 2.80. The van der Waals surface area contributed by atoms with E-state index in [2.05, 4.69) is 12.2 Å². The zero-order valence-electron chi connectivity index (χ0n) is 12.5. The fraction of sp³-hybridized carbons (Fsp3) is 0.375. The van der Waals surface area contributed by atoms with E-state index in [0.717, 1.165) is 24.8 Å².